The van der Waals surface area contributed by atoms with Crippen molar-refractivity contribution < 1.29 is 22.4 Å². The van der Waals surface area contributed by atoms with Crippen molar-refractivity contribution in [3.8, 4) is 0 Å². The van der Waals surface area contributed by atoms with E-state index in [1.807, 2.05) is 0 Å². The average molecular weight is 446 g/mol. The average Bonchev–Trinajstić information content (AvgIpc) is 3.12. The highest BCUT2D eigenvalue weighted by Crippen LogP contribution is 2.37. The number of nitrogens with two attached hydrogens (primary N) is 1. The molecule has 0 saturated carbocycles. The molecule has 0 fully saturated rings. The van der Waals surface area contributed by atoms with Crippen molar-refractivity contribution in [3.63, 3.8) is 0 Å². The number of hydrogen-bond acceptors (Lipinski definition) is 4. The van der Waals surface area contributed by atoms with Crippen LogP contribution in [0.15, 0.2) is 41.9 Å². The maximum absolute atomic E-state index is 13.1. The van der Waals surface area contributed by atoms with Crippen LogP contribution < -0.4 is 11.1 Å². The summed E-state index contributed by atoms with van der Waals surface area (Å²) in [5.74, 6) is -0.151. The van der Waals surface area contributed by atoms with Gasteiger partial charge in [-0.1, -0.05) is 17.7 Å². The number of rotatable bonds is 5. The van der Waals surface area contributed by atoms with Crippen molar-refractivity contribution in [2.24, 2.45) is 5.73 Å². The number of nitrogens with zero attached hydrogens (tertiary/aromatic N) is 3. The quantitative estimate of drug-likeness (QED) is 0.681. The molecule has 162 valence electrons. The summed E-state index contributed by atoms with van der Waals surface area (Å²) < 4.78 is 53.2. The lowest BCUT2D eigenvalue weighted by molar-refractivity contribution is -0.137. The van der Waals surface area contributed by atoms with E-state index < -0.39 is 35.4 Å². The molecule has 30 heavy (non-hydrogen) atoms. The number of aromatic nitrogens is 2. The van der Waals surface area contributed by atoms with Crippen molar-refractivity contribution >= 4 is 23.3 Å². The van der Waals surface area contributed by atoms with Crippen LogP contribution >= 0.6 is 11.6 Å². The first-order valence-electron chi connectivity index (χ1n) is 9.15. The van der Waals surface area contributed by atoms with Crippen LogP contribution in [0.4, 0.5) is 23.4 Å². The second kappa shape index (κ2) is 8.55. The summed E-state index contributed by atoms with van der Waals surface area (Å²) in [7, 11) is 0. The van der Waals surface area contributed by atoms with Gasteiger partial charge >= 0.3 is 6.18 Å². The third-order valence-corrected chi connectivity index (χ3v) is 5.30. The Labute approximate surface area is 175 Å². The molecule has 1 aliphatic rings. The molecular formula is C19H20ClF4N5O. The number of alkyl halides is 4. The lowest BCUT2D eigenvalue weighted by atomic mass is 10.0. The van der Waals surface area contributed by atoms with E-state index in [2.05, 4.69) is 10.4 Å². The number of carbonyl (C=O) groups excluding carboxylic acids is 1. The van der Waals surface area contributed by atoms with Gasteiger partial charge in [0.2, 0.25) is 0 Å². The molecular weight excluding hydrogens is 426 g/mol. The first kappa shape index (κ1) is 21.9. The molecule has 3 N–H and O–H groups in total. The highest BCUT2D eigenvalue weighted by Gasteiger charge is 2.36. The van der Waals surface area contributed by atoms with Crippen LogP contribution in [0.5, 0.6) is 0 Å². The zero-order chi connectivity index (χ0) is 22.1. The Hall–Kier alpha value is -2.75. The van der Waals surface area contributed by atoms with Crippen molar-refractivity contribution in [3.05, 3.63) is 58.0 Å². The predicted molar refractivity (Wildman–Crippen MR) is 105 cm³/mol. The molecule has 3 rings (SSSR count). The minimum atomic E-state index is -4.66. The van der Waals surface area contributed by atoms with E-state index >= 15 is 0 Å². The summed E-state index contributed by atoms with van der Waals surface area (Å²) in [6.07, 6.45) is -2.70. The Bertz CT molecular complexity index is 972. The van der Waals surface area contributed by atoms with Gasteiger partial charge in [0.05, 0.1) is 34.4 Å². The normalized spacial score (nSPS) is 17.4. The molecule has 11 heteroatoms. The second-order valence-electron chi connectivity index (χ2n) is 6.80. The highest BCUT2D eigenvalue weighted by atomic mass is 35.5. The topological polar surface area (TPSA) is 76.2 Å². The molecule has 6 nitrogen and oxygen atoms in total. The molecule has 0 spiro atoms. The molecule has 1 aromatic carbocycles. The van der Waals surface area contributed by atoms with Crippen LogP contribution in [-0.2, 0) is 12.7 Å². The van der Waals surface area contributed by atoms with Gasteiger partial charge in [0.15, 0.2) is 5.82 Å². The number of halogens is 5. The summed E-state index contributed by atoms with van der Waals surface area (Å²) in [5, 5.41) is 6.61. The minimum Gasteiger partial charge on any atom is -0.399 e. The largest absolute Gasteiger partial charge is 0.417 e. The van der Waals surface area contributed by atoms with Gasteiger partial charge in [-0.05, 0) is 19.1 Å². The third kappa shape index (κ3) is 4.38. The van der Waals surface area contributed by atoms with Crippen molar-refractivity contribution in [2.45, 2.75) is 32.1 Å². The van der Waals surface area contributed by atoms with Gasteiger partial charge in [0.25, 0.3) is 5.91 Å². The van der Waals surface area contributed by atoms with E-state index in [1.54, 1.807) is 19.2 Å². The van der Waals surface area contributed by atoms with E-state index in [0.29, 0.717) is 23.6 Å². The summed E-state index contributed by atoms with van der Waals surface area (Å²) in [4.78, 5) is 14.3. The second-order valence-corrected chi connectivity index (χ2v) is 7.18. The van der Waals surface area contributed by atoms with Crippen molar-refractivity contribution in [1.82, 2.24) is 14.7 Å². The van der Waals surface area contributed by atoms with Crippen molar-refractivity contribution in [2.75, 3.05) is 18.5 Å². The maximum atomic E-state index is 13.1. The fourth-order valence-corrected chi connectivity index (χ4v) is 3.58. The van der Waals surface area contributed by atoms with Crippen LogP contribution in [-0.4, -0.2) is 39.8 Å². The fraction of sp³-hybridized carbons (Fsp3) is 0.368. The van der Waals surface area contributed by atoms with Crippen LogP contribution in [0.25, 0.3) is 0 Å². The summed E-state index contributed by atoms with van der Waals surface area (Å²) >= 11 is 5.90. The number of carbonyl (C=O) groups is 1. The van der Waals surface area contributed by atoms with E-state index in [0.717, 1.165) is 12.1 Å². The molecule has 0 radical (unpaired) electrons. The Morgan fingerprint density at radius 1 is 1.37 bits per heavy atom. The zero-order valence-electron chi connectivity index (χ0n) is 16.0. The summed E-state index contributed by atoms with van der Waals surface area (Å²) in [6.45, 7) is 1.49. The van der Waals surface area contributed by atoms with Gasteiger partial charge in [-0.15, -0.1) is 0 Å². The van der Waals surface area contributed by atoms with Gasteiger partial charge < -0.3 is 16.0 Å². The van der Waals surface area contributed by atoms with Gasteiger partial charge in [-0.3, -0.25) is 9.48 Å². The molecule has 1 amide bonds. The van der Waals surface area contributed by atoms with E-state index in [-0.39, 0.29) is 18.7 Å². The lowest BCUT2D eigenvalue weighted by Gasteiger charge is -2.35. The molecule has 1 aromatic heterocycles. The molecule has 1 atom stereocenters. The van der Waals surface area contributed by atoms with Crippen LogP contribution in [0, 0.1) is 0 Å². The van der Waals surface area contributed by atoms with Gasteiger partial charge in [0.1, 0.15) is 6.67 Å². The molecule has 0 bridgehead atoms. The molecule has 2 heterocycles. The Morgan fingerprint density at radius 2 is 2.10 bits per heavy atom. The third-order valence-electron chi connectivity index (χ3n) is 4.90. The van der Waals surface area contributed by atoms with Gasteiger partial charge in [-0.2, -0.15) is 18.3 Å². The number of hydrogen-bond donors (Lipinski definition) is 2. The summed E-state index contributed by atoms with van der Waals surface area (Å²) in [5.41, 5.74) is 5.91. The molecule has 2 aromatic rings. The maximum Gasteiger partial charge on any atom is 0.417 e. The van der Waals surface area contributed by atoms with Crippen LogP contribution in [0.3, 0.4) is 0 Å². The number of benzene rings is 1. The van der Waals surface area contributed by atoms with Gasteiger partial charge in [0, 0.05) is 30.9 Å². The molecule has 1 unspecified atom stereocenters. The number of anilines is 1. The lowest BCUT2D eigenvalue weighted by Crippen LogP contribution is -2.46. The van der Waals surface area contributed by atoms with Crippen LogP contribution in [0.2, 0.25) is 5.02 Å². The molecule has 0 aliphatic carbocycles. The van der Waals surface area contributed by atoms with Crippen LogP contribution in [0.1, 0.15) is 29.3 Å². The first-order valence-corrected chi connectivity index (χ1v) is 9.53. The molecule has 0 saturated heterocycles. The van der Waals surface area contributed by atoms with Crippen molar-refractivity contribution in [1.29, 1.82) is 0 Å². The Kier molecular flexibility index (Phi) is 6.25. The smallest absolute Gasteiger partial charge is 0.399 e. The zero-order valence-corrected chi connectivity index (χ0v) is 16.8. The SMILES string of the molecule is CC1C(N)=C(Nc2ccn(CCF)n2)CCN1C(=O)c1cccc(C(F)(F)F)c1Cl. The first-order chi connectivity index (χ1) is 14.1. The number of nitrogens with one attached hydrogen (secondary N) is 1. The standard InChI is InChI=1S/C19H20ClF4N5O/c1-11-17(25)14(26-15-6-8-28(27-15)10-7-21)5-9-29(11)18(30)12-3-2-4-13(16(12)20)19(22,23)24/h2-4,6,8,11H,5,7,9-10,25H2,1H3,(H,26,27). The van der Waals surface area contributed by atoms with E-state index in [1.165, 1.54) is 15.6 Å². The number of aryl methyl sites for hydroxylation is 1. The monoisotopic (exact) mass is 445 g/mol. The van der Waals surface area contributed by atoms with E-state index in [4.69, 9.17) is 17.3 Å². The summed E-state index contributed by atoms with van der Waals surface area (Å²) in [6, 6.07) is 4.33. The predicted octanol–water partition coefficient (Wildman–Crippen LogP) is 4.04. The van der Waals surface area contributed by atoms with Gasteiger partial charge in [-0.25, -0.2) is 4.39 Å². The molecule has 1 aliphatic heterocycles. The Balaban J connectivity index is 1.80. The van der Waals surface area contributed by atoms with E-state index in [9.17, 15) is 22.4 Å². The number of amides is 1. The minimum absolute atomic E-state index is 0.132. The highest BCUT2D eigenvalue weighted by molar-refractivity contribution is 6.34. The fourth-order valence-electron chi connectivity index (χ4n) is 3.27. The Morgan fingerprint density at radius 3 is 2.77 bits per heavy atom.